The number of fused-ring (bicyclic) bond motifs is 2. The fourth-order valence-electron chi connectivity index (χ4n) is 3.82. The highest BCUT2D eigenvalue weighted by Gasteiger charge is 2.30. The van der Waals surface area contributed by atoms with Gasteiger partial charge in [0.15, 0.2) is 28.6 Å². The third kappa shape index (κ3) is 3.80. The second kappa shape index (κ2) is 7.93. The summed E-state index contributed by atoms with van der Waals surface area (Å²) in [5.74, 6) is 0.530. The Hall–Kier alpha value is -4.22. The molecule has 2 saturated heterocycles. The molecule has 0 amide bonds. The molecule has 0 aliphatic carbocycles. The Morgan fingerprint density at radius 2 is 1.09 bits per heavy atom. The van der Waals surface area contributed by atoms with Gasteiger partial charge in [-0.25, -0.2) is 0 Å². The topological polar surface area (TPSA) is 125 Å². The Morgan fingerprint density at radius 1 is 0.714 bits per heavy atom. The summed E-state index contributed by atoms with van der Waals surface area (Å²) in [7, 11) is 0. The van der Waals surface area contributed by atoms with Crippen LogP contribution in [-0.4, -0.2) is 73.7 Å². The number of hydrogen-bond donors (Lipinski definition) is 1. The maximum Gasteiger partial charge on any atom is 0.178 e. The molecule has 0 bridgehead atoms. The van der Waals surface area contributed by atoms with E-state index in [9.17, 15) is 5.11 Å². The Morgan fingerprint density at radius 3 is 1.43 bits per heavy atom. The summed E-state index contributed by atoms with van der Waals surface area (Å²) in [6.45, 7) is 1.91. The first-order chi connectivity index (χ1) is 17.2. The Kier molecular flexibility index (Phi) is 4.57. The second-order valence-corrected chi connectivity index (χ2v) is 8.41. The number of rotatable bonds is 8. The summed E-state index contributed by atoms with van der Waals surface area (Å²) in [5.41, 5.74) is 3.23. The zero-order valence-corrected chi connectivity index (χ0v) is 18.4. The van der Waals surface area contributed by atoms with E-state index in [0.29, 0.717) is 60.0 Å². The van der Waals surface area contributed by atoms with Crippen LogP contribution < -0.4 is 9.47 Å². The smallest absolute Gasteiger partial charge is 0.178 e. The first kappa shape index (κ1) is 20.2. The van der Waals surface area contributed by atoms with Gasteiger partial charge in [-0.05, 0) is 24.3 Å². The fraction of sp³-hybridized carbons (Fsp3) is 0.250. The van der Waals surface area contributed by atoms with Gasteiger partial charge >= 0.3 is 0 Å². The first-order valence-electron chi connectivity index (χ1n) is 11.3. The molecule has 176 valence electrons. The van der Waals surface area contributed by atoms with Crippen molar-refractivity contribution in [2.75, 3.05) is 26.4 Å². The second-order valence-electron chi connectivity index (χ2n) is 8.41. The van der Waals surface area contributed by atoms with Gasteiger partial charge in [0.1, 0.15) is 47.5 Å². The number of aromatic hydroxyl groups is 1. The maximum atomic E-state index is 11.6. The van der Waals surface area contributed by atoms with Crippen molar-refractivity contribution < 1.29 is 24.1 Å². The van der Waals surface area contributed by atoms with Crippen LogP contribution in [0.1, 0.15) is 0 Å². The average Bonchev–Trinajstić information content (AvgIpc) is 3.79. The van der Waals surface area contributed by atoms with E-state index in [1.807, 2.05) is 48.5 Å². The average molecular weight is 472 g/mol. The molecule has 5 aromatic rings. The van der Waals surface area contributed by atoms with Crippen molar-refractivity contribution in [2.45, 2.75) is 12.2 Å². The minimum Gasteiger partial charge on any atom is -0.504 e. The molecule has 2 fully saturated rings. The summed E-state index contributed by atoms with van der Waals surface area (Å²) < 4.78 is 22.7. The molecule has 4 heterocycles. The molecule has 1 N–H and O–H groups in total. The van der Waals surface area contributed by atoms with Crippen LogP contribution in [-0.2, 0) is 9.47 Å². The van der Waals surface area contributed by atoms with Gasteiger partial charge < -0.3 is 24.1 Å². The third-order valence-corrected chi connectivity index (χ3v) is 5.81. The molecule has 0 saturated carbocycles. The molecular formula is C24H20N6O5. The van der Waals surface area contributed by atoms with E-state index in [-0.39, 0.29) is 29.3 Å². The molecule has 2 aliphatic heterocycles. The van der Waals surface area contributed by atoms with Crippen molar-refractivity contribution in [2.24, 2.45) is 0 Å². The molecule has 2 aliphatic rings. The number of phenols is 1. The van der Waals surface area contributed by atoms with Gasteiger partial charge in [-0.1, -0.05) is 24.3 Å². The van der Waals surface area contributed by atoms with Gasteiger partial charge in [0.2, 0.25) is 0 Å². The van der Waals surface area contributed by atoms with Gasteiger partial charge in [0.25, 0.3) is 0 Å². The van der Waals surface area contributed by atoms with Crippen molar-refractivity contribution in [3.63, 3.8) is 0 Å². The molecule has 35 heavy (non-hydrogen) atoms. The van der Waals surface area contributed by atoms with Gasteiger partial charge in [0, 0.05) is 6.07 Å². The minimum atomic E-state index is -0.174. The largest absolute Gasteiger partial charge is 0.504 e. The predicted octanol–water partition coefficient (Wildman–Crippen LogP) is 2.42. The number of epoxide rings is 2. The van der Waals surface area contributed by atoms with E-state index < -0.39 is 0 Å². The molecule has 2 atom stereocenters. The summed E-state index contributed by atoms with van der Waals surface area (Å²) in [4.78, 5) is 2.73. The van der Waals surface area contributed by atoms with E-state index in [0.717, 1.165) is 0 Å². The minimum absolute atomic E-state index is 0.0108. The molecule has 11 nitrogen and oxygen atoms in total. The van der Waals surface area contributed by atoms with Gasteiger partial charge in [-0.15, -0.1) is 30.0 Å². The molecule has 7 rings (SSSR count). The van der Waals surface area contributed by atoms with Crippen molar-refractivity contribution in [1.29, 1.82) is 0 Å². The molecule has 0 spiro atoms. The number of hydrogen-bond acceptors (Lipinski definition) is 9. The van der Waals surface area contributed by atoms with E-state index in [4.69, 9.17) is 18.9 Å². The molecule has 0 radical (unpaired) electrons. The molecule has 2 unspecified atom stereocenters. The van der Waals surface area contributed by atoms with E-state index in [1.54, 1.807) is 6.07 Å². The van der Waals surface area contributed by atoms with Gasteiger partial charge in [-0.3, -0.25) is 0 Å². The monoisotopic (exact) mass is 472 g/mol. The van der Waals surface area contributed by atoms with Crippen LogP contribution in [0.4, 0.5) is 0 Å². The summed E-state index contributed by atoms with van der Waals surface area (Å²) in [6, 6.07) is 16.6. The van der Waals surface area contributed by atoms with Crippen LogP contribution in [0.2, 0.25) is 0 Å². The number of nitrogens with zero attached hydrogens (tertiary/aromatic N) is 6. The van der Waals surface area contributed by atoms with Crippen molar-refractivity contribution in [1.82, 2.24) is 30.0 Å². The Labute approximate surface area is 198 Å². The zero-order chi connectivity index (χ0) is 23.4. The highest BCUT2D eigenvalue weighted by atomic mass is 16.6. The van der Waals surface area contributed by atoms with Crippen LogP contribution in [0.15, 0.2) is 54.6 Å². The van der Waals surface area contributed by atoms with Gasteiger partial charge in [0.05, 0.1) is 13.2 Å². The number of aromatic nitrogens is 6. The number of ether oxygens (including phenoxy) is 4. The lowest BCUT2D eigenvalue weighted by Gasteiger charge is -2.18. The van der Waals surface area contributed by atoms with Gasteiger partial charge in [-0.2, -0.15) is 0 Å². The van der Waals surface area contributed by atoms with Crippen LogP contribution in [0, 0.1) is 0 Å². The van der Waals surface area contributed by atoms with E-state index in [2.05, 4.69) is 20.4 Å². The van der Waals surface area contributed by atoms with Crippen molar-refractivity contribution in [3.05, 3.63) is 54.6 Å². The predicted molar refractivity (Wildman–Crippen MR) is 123 cm³/mol. The normalized spacial score (nSPS) is 18.7. The number of benzene rings is 3. The van der Waals surface area contributed by atoms with Crippen molar-refractivity contribution >= 4 is 22.1 Å². The standard InChI is InChI=1S/C24H20N6O5/c31-24-22(29-25-16-5-1-2-6-17(16)26-29)20(34-12-14-10-32-14)9-21(35-13-15-11-33-15)23(24)30-27-18-7-3-4-8-19(18)28-30/h1-9,14-15,31H,10-13H2. The molecule has 3 aromatic carbocycles. The molecule has 2 aromatic heterocycles. The third-order valence-electron chi connectivity index (χ3n) is 5.81. The lowest BCUT2D eigenvalue weighted by atomic mass is 10.2. The van der Waals surface area contributed by atoms with Crippen LogP contribution in [0.5, 0.6) is 17.2 Å². The Balaban J connectivity index is 1.43. The van der Waals surface area contributed by atoms with Crippen LogP contribution in [0.25, 0.3) is 33.4 Å². The van der Waals surface area contributed by atoms with Crippen LogP contribution >= 0.6 is 0 Å². The van der Waals surface area contributed by atoms with E-state index in [1.165, 1.54) is 9.59 Å². The SMILES string of the molecule is Oc1c(-n2nc3ccccc3n2)c(OCC2CO2)cc(OCC2CO2)c1-n1nc2ccccc2n1. The Bertz CT molecular complexity index is 1380. The summed E-state index contributed by atoms with van der Waals surface area (Å²) in [6.07, 6.45) is 0.0215. The highest BCUT2D eigenvalue weighted by molar-refractivity contribution is 5.77. The lowest BCUT2D eigenvalue weighted by Crippen LogP contribution is -2.13. The number of phenolic OH excluding ortho intramolecular Hbond substituents is 1. The zero-order valence-electron chi connectivity index (χ0n) is 18.4. The quantitative estimate of drug-likeness (QED) is 0.339. The highest BCUT2D eigenvalue weighted by Crippen LogP contribution is 2.43. The lowest BCUT2D eigenvalue weighted by molar-refractivity contribution is 0.249. The van der Waals surface area contributed by atoms with Crippen LogP contribution in [0.3, 0.4) is 0 Å². The fourth-order valence-corrected chi connectivity index (χ4v) is 3.82. The van der Waals surface area contributed by atoms with E-state index >= 15 is 0 Å². The molecular weight excluding hydrogens is 452 g/mol. The molecule has 11 heteroatoms. The first-order valence-corrected chi connectivity index (χ1v) is 11.3. The van der Waals surface area contributed by atoms with Crippen molar-refractivity contribution in [3.8, 4) is 28.6 Å². The summed E-state index contributed by atoms with van der Waals surface area (Å²) >= 11 is 0. The maximum absolute atomic E-state index is 11.6. The summed E-state index contributed by atoms with van der Waals surface area (Å²) in [5, 5.41) is 29.9.